The number of ether oxygens (including phenoxy) is 1. The number of piperidine rings is 1. The van der Waals surface area contributed by atoms with E-state index in [0.717, 1.165) is 30.7 Å². The van der Waals surface area contributed by atoms with Gasteiger partial charge >= 0.3 is 0 Å². The molecule has 2 atom stereocenters. The van der Waals surface area contributed by atoms with Crippen LogP contribution in [-0.2, 0) is 0 Å². The van der Waals surface area contributed by atoms with Crippen LogP contribution in [0.2, 0.25) is 0 Å². The highest BCUT2D eigenvalue weighted by molar-refractivity contribution is 7.17. The number of nitrogen functional groups attached to an aromatic ring is 1. The first-order valence-electron chi connectivity index (χ1n) is 7.46. The molecule has 2 bridgehead atoms. The second-order valence-corrected chi connectivity index (χ2v) is 7.17. The molecule has 0 saturated carbocycles. The molecule has 5 nitrogen and oxygen atoms in total. The van der Waals surface area contributed by atoms with Gasteiger partial charge < -0.3 is 20.5 Å². The van der Waals surface area contributed by atoms with Crippen molar-refractivity contribution >= 4 is 22.0 Å². The average Bonchev–Trinajstić information content (AvgIpc) is 2.85. The standard InChI is InChI=1S/C15H21N3O2S/c1-8(2)20-14-13(17)12(7-16)21-15(14)18-9-3-4-10(18)6-11(19)5-9/h8-11,19H,3-6,17H2,1-2H3. The Balaban J connectivity index is 2.00. The summed E-state index contributed by atoms with van der Waals surface area (Å²) in [5.41, 5.74) is 6.55. The molecule has 0 aromatic carbocycles. The third-order valence-corrected chi connectivity index (χ3v) is 5.38. The van der Waals surface area contributed by atoms with Crippen LogP contribution in [0, 0.1) is 11.3 Å². The summed E-state index contributed by atoms with van der Waals surface area (Å²) in [6.07, 6.45) is 3.56. The van der Waals surface area contributed by atoms with Crippen LogP contribution in [0.4, 0.5) is 10.7 Å². The molecule has 6 heteroatoms. The fourth-order valence-corrected chi connectivity index (χ4v) is 4.59. The van der Waals surface area contributed by atoms with Gasteiger partial charge in [0.25, 0.3) is 0 Å². The molecular formula is C15H21N3O2S. The van der Waals surface area contributed by atoms with E-state index in [4.69, 9.17) is 10.5 Å². The number of thiophene rings is 1. The van der Waals surface area contributed by atoms with Crippen molar-refractivity contribution in [3.05, 3.63) is 4.88 Å². The topological polar surface area (TPSA) is 82.5 Å². The molecule has 2 aliphatic rings. The van der Waals surface area contributed by atoms with Gasteiger partial charge in [0.05, 0.1) is 12.2 Å². The third kappa shape index (κ3) is 2.45. The minimum Gasteiger partial charge on any atom is -0.486 e. The summed E-state index contributed by atoms with van der Waals surface area (Å²) >= 11 is 1.42. The second-order valence-electron chi connectivity index (χ2n) is 6.18. The third-order valence-electron chi connectivity index (χ3n) is 4.28. The summed E-state index contributed by atoms with van der Waals surface area (Å²) in [6, 6.07) is 2.83. The second kappa shape index (κ2) is 5.39. The number of nitrogens with zero attached hydrogens (tertiary/aromatic N) is 2. The largest absolute Gasteiger partial charge is 0.486 e. The number of hydrogen-bond acceptors (Lipinski definition) is 6. The van der Waals surface area contributed by atoms with Gasteiger partial charge in [-0.15, -0.1) is 11.3 Å². The molecule has 114 valence electrons. The molecule has 1 aromatic heterocycles. The minimum atomic E-state index is -0.207. The summed E-state index contributed by atoms with van der Waals surface area (Å²) in [5, 5.41) is 20.2. The SMILES string of the molecule is CC(C)Oc1c(N2C3CCC2CC(O)C3)sc(C#N)c1N. The van der Waals surface area contributed by atoms with E-state index < -0.39 is 0 Å². The fourth-order valence-electron chi connectivity index (χ4n) is 3.50. The number of aliphatic hydroxyl groups excluding tert-OH is 1. The number of anilines is 2. The van der Waals surface area contributed by atoms with Crippen LogP contribution >= 0.6 is 11.3 Å². The summed E-state index contributed by atoms with van der Waals surface area (Å²) in [7, 11) is 0. The molecule has 1 aromatic rings. The number of rotatable bonds is 3. The molecule has 3 N–H and O–H groups in total. The lowest BCUT2D eigenvalue weighted by molar-refractivity contribution is 0.126. The Hall–Kier alpha value is -1.45. The minimum absolute atomic E-state index is 0.0141. The van der Waals surface area contributed by atoms with Crippen molar-refractivity contribution in [1.82, 2.24) is 0 Å². The van der Waals surface area contributed by atoms with Crippen LogP contribution < -0.4 is 15.4 Å². The first kappa shape index (κ1) is 14.5. The molecular weight excluding hydrogens is 286 g/mol. The highest BCUT2D eigenvalue weighted by Gasteiger charge is 2.42. The number of aliphatic hydroxyl groups is 1. The molecule has 21 heavy (non-hydrogen) atoms. The van der Waals surface area contributed by atoms with Crippen LogP contribution in [0.15, 0.2) is 0 Å². The van der Waals surface area contributed by atoms with E-state index in [9.17, 15) is 10.4 Å². The van der Waals surface area contributed by atoms with Crippen molar-refractivity contribution in [2.45, 2.75) is 63.8 Å². The zero-order chi connectivity index (χ0) is 15.1. The van der Waals surface area contributed by atoms with Gasteiger partial charge in [0.2, 0.25) is 0 Å². The Kier molecular flexibility index (Phi) is 3.72. The van der Waals surface area contributed by atoms with Crippen LogP contribution in [0.3, 0.4) is 0 Å². The molecule has 0 spiro atoms. The lowest BCUT2D eigenvalue weighted by Crippen LogP contribution is -2.44. The zero-order valence-corrected chi connectivity index (χ0v) is 13.2. The lowest BCUT2D eigenvalue weighted by atomic mass is 10.0. The Bertz CT molecular complexity index is 564. The molecule has 0 radical (unpaired) electrons. The molecule has 0 aliphatic carbocycles. The highest BCUT2D eigenvalue weighted by Crippen LogP contribution is 2.50. The van der Waals surface area contributed by atoms with Crippen molar-refractivity contribution in [2.75, 3.05) is 10.6 Å². The normalized spacial score (nSPS) is 28.0. The first-order chi connectivity index (χ1) is 10.0. The number of nitrogens with two attached hydrogens (primary N) is 1. The Morgan fingerprint density at radius 2 is 2.00 bits per heavy atom. The van der Waals surface area contributed by atoms with Crippen LogP contribution in [0.25, 0.3) is 0 Å². The van der Waals surface area contributed by atoms with Gasteiger partial charge in [-0.3, -0.25) is 0 Å². The summed E-state index contributed by atoms with van der Waals surface area (Å²) in [5.74, 6) is 0.653. The van der Waals surface area contributed by atoms with E-state index in [1.54, 1.807) is 0 Å². The monoisotopic (exact) mass is 307 g/mol. The summed E-state index contributed by atoms with van der Waals surface area (Å²) in [4.78, 5) is 2.86. The van der Waals surface area contributed by atoms with E-state index in [0.29, 0.717) is 28.4 Å². The van der Waals surface area contributed by atoms with Crippen molar-refractivity contribution < 1.29 is 9.84 Å². The van der Waals surface area contributed by atoms with Crippen molar-refractivity contribution in [3.63, 3.8) is 0 Å². The smallest absolute Gasteiger partial charge is 0.178 e. The first-order valence-corrected chi connectivity index (χ1v) is 8.28. The predicted molar refractivity (Wildman–Crippen MR) is 83.7 cm³/mol. The van der Waals surface area contributed by atoms with E-state index in [1.807, 2.05) is 13.8 Å². The van der Waals surface area contributed by atoms with Gasteiger partial charge in [-0.05, 0) is 39.5 Å². The average molecular weight is 307 g/mol. The van der Waals surface area contributed by atoms with Gasteiger partial charge in [0.15, 0.2) is 5.75 Å². The van der Waals surface area contributed by atoms with Crippen LogP contribution in [0.5, 0.6) is 5.75 Å². The summed E-state index contributed by atoms with van der Waals surface area (Å²) in [6.45, 7) is 3.92. The number of nitriles is 1. The molecule has 0 amide bonds. The van der Waals surface area contributed by atoms with Crippen LogP contribution in [-0.4, -0.2) is 29.4 Å². The van der Waals surface area contributed by atoms with Gasteiger partial charge in [0.1, 0.15) is 21.6 Å². The van der Waals surface area contributed by atoms with Crippen LogP contribution in [0.1, 0.15) is 44.4 Å². The Morgan fingerprint density at radius 3 is 2.52 bits per heavy atom. The van der Waals surface area contributed by atoms with Crippen molar-refractivity contribution in [1.29, 1.82) is 5.26 Å². The zero-order valence-electron chi connectivity index (χ0n) is 12.4. The maximum atomic E-state index is 9.94. The van der Waals surface area contributed by atoms with Crippen molar-refractivity contribution in [3.8, 4) is 11.8 Å². The molecule has 2 saturated heterocycles. The maximum absolute atomic E-state index is 9.94. The fraction of sp³-hybridized carbons (Fsp3) is 0.667. The molecule has 3 heterocycles. The van der Waals surface area contributed by atoms with Crippen molar-refractivity contribution in [2.24, 2.45) is 0 Å². The molecule has 2 unspecified atom stereocenters. The number of hydrogen-bond donors (Lipinski definition) is 2. The molecule has 3 rings (SSSR count). The quantitative estimate of drug-likeness (QED) is 0.896. The van der Waals surface area contributed by atoms with Gasteiger partial charge in [0, 0.05) is 12.1 Å². The summed E-state index contributed by atoms with van der Waals surface area (Å²) < 4.78 is 5.89. The Labute approximate surface area is 128 Å². The van der Waals surface area contributed by atoms with Gasteiger partial charge in [-0.2, -0.15) is 5.26 Å². The van der Waals surface area contributed by atoms with E-state index in [1.165, 1.54) is 11.3 Å². The van der Waals surface area contributed by atoms with Gasteiger partial charge in [-0.25, -0.2) is 0 Å². The predicted octanol–water partition coefficient (Wildman–Crippen LogP) is 2.48. The lowest BCUT2D eigenvalue weighted by Gasteiger charge is -2.38. The number of fused-ring (bicyclic) bond motifs is 2. The molecule has 2 aliphatic heterocycles. The van der Waals surface area contributed by atoms with E-state index >= 15 is 0 Å². The van der Waals surface area contributed by atoms with Gasteiger partial charge in [-0.1, -0.05) is 0 Å². The maximum Gasteiger partial charge on any atom is 0.178 e. The highest BCUT2D eigenvalue weighted by atomic mass is 32.1. The van der Waals surface area contributed by atoms with E-state index in [2.05, 4.69) is 11.0 Å². The Morgan fingerprint density at radius 1 is 1.38 bits per heavy atom. The van der Waals surface area contributed by atoms with E-state index in [-0.39, 0.29) is 12.2 Å². The molecule has 2 fully saturated rings.